The number of hydrogen-bond acceptors (Lipinski definition) is 5. The van der Waals surface area contributed by atoms with Crippen LogP contribution in [-0.4, -0.2) is 23.2 Å². The lowest BCUT2D eigenvalue weighted by atomic mass is 10.1. The molecule has 0 spiro atoms. The highest BCUT2D eigenvalue weighted by molar-refractivity contribution is 7.13. The normalized spacial score (nSPS) is 10.8. The first kappa shape index (κ1) is 18.0. The summed E-state index contributed by atoms with van der Waals surface area (Å²) in [5.41, 5.74) is 1.83. The minimum Gasteiger partial charge on any atom is -0.497 e. The molecule has 1 N–H and O–H groups in total. The molecule has 0 fully saturated rings. The zero-order valence-corrected chi connectivity index (χ0v) is 15.9. The van der Waals surface area contributed by atoms with Crippen molar-refractivity contribution in [2.24, 2.45) is 0 Å². The van der Waals surface area contributed by atoms with Gasteiger partial charge in [0.25, 0.3) is 0 Å². The first-order valence-corrected chi connectivity index (χ1v) is 9.50. The van der Waals surface area contributed by atoms with Gasteiger partial charge in [0, 0.05) is 11.4 Å². The number of hydrogen-bond donors (Lipinski definition) is 1. The van der Waals surface area contributed by atoms with Crippen LogP contribution in [0.25, 0.3) is 21.3 Å². The van der Waals surface area contributed by atoms with Gasteiger partial charge >= 0.3 is 5.97 Å². The van der Waals surface area contributed by atoms with E-state index < -0.39 is 5.97 Å². The Balaban J connectivity index is 1.68. The van der Waals surface area contributed by atoms with Gasteiger partial charge < -0.3 is 14.6 Å². The third kappa shape index (κ3) is 3.54. The van der Waals surface area contributed by atoms with Crippen molar-refractivity contribution in [1.29, 1.82) is 0 Å². The quantitative estimate of drug-likeness (QED) is 0.486. The molecule has 0 aliphatic carbocycles. The molecule has 1 aromatic heterocycles. The standard InChI is InChI=1S/C22H17NO4S/c1-26-16-9-10-18(21-23-19(13-28-21)22(24)25)20(11-16)27-12-15-7-4-6-14-5-2-3-8-17(14)15/h2-11,13H,12H2,1H3,(H,24,25). The average molecular weight is 391 g/mol. The third-order valence-corrected chi connectivity index (χ3v) is 5.28. The molecule has 0 saturated carbocycles. The molecule has 28 heavy (non-hydrogen) atoms. The number of aromatic carboxylic acids is 1. The Morgan fingerprint density at radius 2 is 1.93 bits per heavy atom. The number of carboxylic acid groups (broad SMARTS) is 1. The molecule has 4 rings (SSSR count). The fraction of sp³-hybridized carbons (Fsp3) is 0.0909. The van der Waals surface area contributed by atoms with Gasteiger partial charge in [0.05, 0.1) is 12.7 Å². The first-order valence-electron chi connectivity index (χ1n) is 8.62. The van der Waals surface area contributed by atoms with E-state index >= 15 is 0 Å². The van der Waals surface area contributed by atoms with Gasteiger partial charge in [-0.3, -0.25) is 0 Å². The van der Waals surface area contributed by atoms with E-state index in [4.69, 9.17) is 14.6 Å². The van der Waals surface area contributed by atoms with Crippen molar-refractivity contribution >= 4 is 28.1 Å². The summed E-state index contributed by atoms with van der Waals surface area (Å²) >= 11 is 1.27. The SMILES string of the molecule is COc1ccc(-c2nc(C(=O)O)cs2)c(OCc2cccc3ccccc23)c1. The number of ether oxygens (including phenoxy) is 2. The number of aromatic nitrogens is 1. The third-order valence-electron chi connectivity index (χ3n) is 4.41. The summed E-state index contributed by atoms with van der Waals surface area (Å²) in [6.45, 7) is 0.374. The van der Waals surface area contributed by atoms with Gasteiger partial charge in [-0.2, -0.15) is 0 Å². The van der Waals surface area contributed by atoms with Crippen LogP contribution in [0.15, 0.2) is 66.0 Å². The number of thiazole rings is 1. The van der Waals surface area contributed by atoms with Crippen molar-refractivity contribution in [2.75, 3.05) is 7.11 Å². The molecule has 4 aromatic rings. The van der Waals surface area contributed by atoms with Crippen LogP contribution in [0.3, 0.4) is 0 Å². The van der Waals surface area contributed by atoms with Gasteiger partial charge in [-0.15, -0.1) is 11.3 Å². The summed E-state index contributed by atoms with van der Waals surface area (Å²) in [7, 11) is 1.59. The van der Waals surface area contributed by atoms with Gasteiger partial charge in [0.1, 0.15) is 23.1 Å². The first-order chi connectivity index (χ1) is 13.7. The summed E-state index contributed by atoms with van der Waals surface area (Å²) in [6.07, 6.45) is 0. The van der Waals surface area contributed by atoms with Gasteiger partial charge in [0.15, 0.2) is 5.69 Å². The summed E-state index contributed by atoms with van der Waals surface area (Å²) in [6, 6.07) is 19.7. The smallest absolute Gasteiger partial charge is 0.355 e. The number of fused-ring (bicyclic) bond motifs is 1. The van der Waals surface area contributed by atoms with E-state index in [1.165, 1.54) is 16.7 Å². The monoisotopic (exact) mass is 391 g/mol. The van der Waals surface area contributed by atoms with E-state index in [9.17, 15) is 4.79 Å². The lowest BCUT2D eigenvalue weighted by Gasteiger charge is -2.13. The maximum absolute atomic E-state index is 11.2. The molecule has 0 amide bonds. The Bertz CT molecular complexity index is 1150. The lowest BCUT2D eigenvalue weighted by Crippen LogP contribution is -1.99. The van der Waals surface area contributed by atoms with E-state index in [1.54, 1.807) is 13.2 Å². The molecule has 0 aliphatic heterocycles. The van der Waals surface area contributed by atoms with Crippen LogP contribution in [0, 0.1) is 0 Å². The van der Waals surface area contributed by atoms with Crippen LogP contribution in [0.1, 0.15) is 16.1 Å². The largest absolute Gasteiger partial charge is 0.497 e. The van der Waals surface area contributed by atoms with Crippen molar-refractivity contribution in [3.63, 3.8) is 0 Å². The summed E-state index contributed by atoms with van der Waals surface area (Å²) in [5.74, 6) is 0.208. The maximum Gasteiger partial charge on any atom is 0.355 e. The van der Waals surface area contributed by atoms with Crippen LogP contribution in [-0.2, 0) is 6.61 Å². The van der Waals surface area contributed by atoms with Crippen molar-refractivity contribution in [2.45, 2.75) is 6.61 Å². The summed E-state index contributed by atoms with van der Waals surface area (Å²) < 4.78 is 11.5. The predicted octanol–water partition coefficient (Wildman–Crippen LogP) is 5.25. The highest BCUT2D eigenvalue weighted by Crippen LogP contribution is 2.36. The number of rotatable bonds is 6. The van der Waals surface area contributed by atoms with Gasteiger partial charge in [-0.05, 0) is 28.5 Å². The van der Waals surface area contributed by atoms with Crippen LogP contribution in [0.5, 0.6) is 11.5 Å². The zero-order chi connectivity index (χ0) is 19.5. The molecular formula is C22H17NO4S. The van der Waals surface area contributed by atoms with Crippen molar-refractivity contribution < 1.29 is 19.4 Å². The predicted molar refractivity (Wildman–Crippen MR) is 109 cm³/mol. The molecule has 6 heteroatoms. The minimum absolute atomic E-state index is 0.0239. The Kier molecular flexibility index (Phi) is 4.95. The molecule has 3 aromatic carbocycles. The molecule has 0 radical (unpaired) electrons. The fourth-order valence-corrected chi connectivity index (χ4v) is 3.82. The Hall–Kier alpha value is -3.38. The molecule has 0 saturated heterocycles. The Morgan fingerprint density at radius 1 is 1.11 bits per heavy atom. The molecular weight excluding hydrogens is 374 g/mol. The van der Waals surface area contributed by atoms with Gasteiger partial charge in [0.2, 0.25) is 0 Å². The van der Waals surface area contributed by atoms with Gasteiger partial charge in [-0.25, -0.2) is 9.78 Å². The van der Waals surface area contributed by atoms with E-state index in [1.807, 2.05) is 36.4 Å². The van der Waals surface area contributed by atoms with E-state index in [-0.39, 0.29) is 5.69 Å². The number of methoxy groups -OCH3 is 1. The van der Waals surface area contributed by atoms with Gasteiger partial charge in [-0.1, -0.05) is 42.5 Å². The molecule has 0 bridgehead atoms. The van der Waals surface area contributed by atoms with Crippen molar-refractivity contribution in [3.8, 4) is 22.1 Å². The molecule has 0 unspecified atom stereocenters. The molecule has 0 atom stereocenters. The topological polar surface area (TPSA) is 68.7 Å². The average Bonchev–Trinajstić information content (AvgIpc) is 3.22. The second-order valence-electron chi connectivity index (χ2n) is 6.13. The summed E-state index contributed by atoms with van der Waals surface area (Å²) in [5, 5.41) is 13.5. The highest BCUT2D eigenvalue weighted by Gasteiger charge is 2.15. The van der Waals surface area contributed by atoms with E-state index in [2.05, 4.69) is 23.2 Å². The van der Waals surface area contributed by atoms with Crippen molar-refractivity contribution in [1.82, 2.24) is 4.98 Å². The van der Waals surface area contributed by atoms with Crippen molar-refractivity contribution in [3.05, 3.63) is 77.3 Å². The zero-order valence-electron chi connectivity index (χ0n) is 15.1. The Morgan fingerprint density at radius 3 is 2.71 bits per heavy atom. The number of nitrogens with zero attached hydrogens (tertiary/aromatic N) is 1. The van der Waals surface area contributed by atoms with E-state index in [0.29, 0.717) is 23.1 Å². The molecule has 1 heterocycles. The second kappa shape index (κ2) is 7.70. The number of carboxylic acids is 1. The van der Waals surface area contributed by atoms with Crippen LogP contribution in [0.4, 0.5) is 0 Å². The maximum atomic E-state index is 11.2. The summed E-state index contributed by atoms with van der Waals surface area (Å²) in [4.78, 5) is 15.4. The minimum atomic E-state index is -1.05. The second-order valence-corrected chi connectivity index (χ2v) is 6.99. The number of carbonyl (C=O) groups is 1. The van der Waals surface area contributed by atoms with Crippen LogP contribution >= 0.6 is 11.3 Å². The lowest BCUT2D eigenvalue weighted by molar-refractivity contribution is 0.0691. The molecule has 140 valence electrons. The molecule has 5 nitrogen and oxygen atoms in total. The Labute approximate surface area is 165 Å². The van der Waals surface area contributed by atoms with Crippen LogP contribution < -0.4 is 9.47 Å². The fourth-order valence-electron chi connectivity index (χ4n) is 3.00. The van der Waals surface area contributed by atoms with E-state index in [0.717, 1.165) is 21.9 Å². The number of benzene rings is 3. The van der Waals surface area contributed by atoms with Crippen LogP contribution in [0.2, 0.25) is 0 Å². The highest BCUT2D eigenvalue weighted by atomic mass is 32.1. The molecule has 0 aliphatic rings.